The van der Waals surface area contributed by atoms with Crippen LogP contribution in [0, 0.1) is 0 Å². The highest BCUT2D eigenvalue weighted by Gasteiger charge is 2.25. The van der Waals surface area contributed by atoms with Gasteiger partial charge >= 0.3 is 0 Å². The number of benzene rings is 1. The van der Waals surface area contributed by atoms with Crippen molar-refractivity contribution in [3.05, 3.63) is 53.6 Å². The lowest BCUT2D eigenvalue weighted by molar-refractivity contribution is 0.0962. The Balaban J connectivity index is 1.83. The predicted octanol–water partition coefficient (Wildman–Crippen LogP) is 0.926. The maximum Gasteiger partial charge on any atom is 0.251 e. The van der Waals surface area contributed by atoms with E-state index in [-0.39, 0.29) is 11.9 Å². The van der Waals surface area contributed by atoms with Crippen LogP contribution in [0.4, 0.5) is 0 Å². The number of imidazole rings is 1. The molecule has 0 spiro atoms. The van der Waals surface area contributed by atoms with Crippen LogP contribution in [0.5, 0.6) is 0 Å². The minimum absolute atomic E-state index is 0.0474. The monoisotopic (exact) mass is 313 g/mol. The molecular weight excluding hydrogens is 290 g/mol. The summed E-state index contributed by atoms with van der Waals surface area (Å²) in [6.07, 6.45) is 3.75. The second kappa shape index (κ2) is 6.93. The Morgan fingerprint density at radius 2 is 2.35 bits per heavy atom. The van der Waals surface area contributed by atoms with Crippen molar-refractivity contribution in [2.24, 2.45) is 7.05 Å². The van der Waals surface area contributed by atoms with Gasteiger partial charge in [0.05, 0.1) is 12.0 Å². The highest BCUT2D eigenvalue weighted by molar-refractivity contribution is 5.94. The predicted molar refractivity (Wildman–Crippen MR) is 89.1 cm³/mol. The van der Waals surface area contributed by atoms with Gasteiger partial charge in [0.2, 0.25) is 0 Å². The molecule has 0 unspecified atom stereocenters. The van der Waals surface area contributed by atoms with Gasteiger partial charge in [0.25, 0.3) is 5.91 Å². The number of rotatable bonds is 4. The number of aryl methyl sites for hydroxylation is 1. The largest absolute Gasteiger partial charge is 0.355 e. The number of carbonyl (C=O) groups is 1. The molecular formula is C17H23N5O. The van der Waals surface area contributed by atoms with E-state index in [1.165, 1.54) is 11.3 Å². The van der Waals surface area contributed by atoms with Crippen molar-refractivity contribution in [2.75, 3.05) is 26.7 Å². The van der Waals surface area contributed by atoms with E-state index in [2.05, 4.69) is 31.2 Å². The fourth-order valence-electron chi connectivity index (χ4n) is 3.04. The second-order valence-corrected chi connectivity index (χ2v) is 5.89. The van der Waals surface area contributed by atoms with E-state index in [4.69, 9.17) is 0 Å². The Kier molecular flexibility index (Phi) is 4.73. The van der Waals surface area contributed by atoms with E-state index in [0.717, 1.165) is 26.2 Å². The van der Waals surface area contributed by atoms with Gasteiger partial charge in [-0.2, -0.15) is 0 Å². The lowest BCUT2D eigenvalue weighted by Gasteiger charge is -2.36. The molecule has 3 rings (SSSR count). The third kappa shape index (κ3) is 3.43. The minimum Gasteiger partial charge on any atom is -0.355 e. The molecule has 0 aliphatic carbocycles. The van der Waals surface area contributed by atoms with Crippen LogP contribution < -0.4 is 10.6 Å². The maximum absolute atomic E-state index is 11.9. The molecule has 2 N–H and O–H groups in total. The molecule has 1 fully saturated rings. The van der Waals surface area contributed by atoms with Gasteiger partial charge in [-0.3, -0.25) is 9.69 Å². The summed E-state index contributed by atoms with van der Waals surface area (Å²) >= 11 is 0. The van der Waals surface area contributed by atoms with Crippen molar-refractivity contribution in [3.8, 4) is 0 Å². The quantitative estimate of drug-likeness (QED) is 0.881. The molecule has 2 heterocycles. The number of nitrogens with one attached hydrogen (secondary N) is 2. The summed E-state index contributed by atoms with van der Waals surface area (Å²) in [5.41, 5.74) is 3.07. The van der Waals surface area contributed by atoms with Crippen molar-refractivity contribution in [1.29, 1.82) is 0 Å². The first kappa shape index (κ1) is 15.7. The smallest absolute Gasteiger partial charge is 0.251 e. The van der Waals surface area contributed by atoms with Crippen molar-refractivity contribution >= 4 is 5.91 Å². The number of carbonyl (C=O) groups excluding carboxylic acids is 1. The van der Waals surface area contributed by atoms with Crippen LogP contribution in [0.2, 0.25) is 0 Å². The van der Waals surface area contributed by atoms with Crippen LogP contribution in [-0.4, -0.2) is 47.0 Å². The molecule has 122 valence electrons. The molecule has 1 amide bonds. The molecule has 1 aliphatic heterocycles. The van der Waals surface area contributed by atoms with Crippen molar-refractivity contribution in [2.45, 2.75) is 12.6 Å². The van der Waals surface area contributed by atoms with E-state index < -0.39 is 0 Å². The molecule has 2 aromatic rings. The molecule has 0 radical (unpaired) electrons. The first-order valence-corrected chi connectivity index (χ1v) is 7.91. The van der Waals surface area contributed by atoms with Crippen LogP contribution in [-0.2, 0) is 13.6 Å². The topological polar surface area (TPSA) is 62.2 Å². The molecule has 1 aliphatic rings. The van der Waals surface area contributed by atoms with Crippen LogP contribution >= 0.6 is 0 Å². The molecule has 6 nitrogen and oxygen atoms in total. The first-order valence-electron chi connectivity index (χ1n) is 7.91. The highest BCUT2D eigenvalue weighted by atomic mass is 16.1. The molecule has 0 saturated carbocycles. The molecule has 1 atom stereocenters. The normalized spacial score (nSPS) is 18.8. The van der Waals surface area contributed by atoms with Gasteiger partial charge in [-0.25, -0.2) is 4.98 Å². The van der Waals surface area contributed by atoms with Gasteiger partial charge in [-0.15, -0.1) is 0 Å². The SMILES string of the molecule is CNC(=O)c1cccc([C@@H]2CNCCN2Cc2cncn2C)c1. The van der Waals surface area contributed by atoms with Crippen molar-refractivity contribution in [3.63, 3.8) is 0 Å². The number of nitrogens with zero attached hydrogens (tertiary/aromatic N) is 3. The van der Waals surface area contributed by atoms with E-state index in [9.17, 15) is 4.79 Å². The standard InChI is InChI=1S/C17H23N5O/c1-18-17(23)14-5-3-4-13(8-14)16-10-19-6-7-22(16)11-15-9-20-12-21(15)2/h3-5,8-9,12,16,19H,6-7,10-11H2,1-2H3,(H,18,23)/t16-/m0/s1. The Morgan fingerprint density at radius 3 is 3.09 bits per heavy atom. The Hall–Kier alpha value is -2.18. The minimum atomic E-state index is -0.0474. The molecule has 0 bridgehead atoms. The third-order valence-corrected chi connectivity index (χ3v) is 4.40. The summed E-state index contributed by atoms with van der Waals surface area (Å²) in [5, 5.41) is 6.14. The average molecular weight is 313 g/mol. The van der Waals surface area contributed by atoms with Crippen LogP contribution in [0.25, 0.3) is 0 Å². The highest BCUT2D eigenvalue weighted by Crippen LogP contribution is 2.24. The van der Waals surface area contributed by atoms with Crippen LogP contribution in [0.1, 0.15) is 27.7 Å². The van der Waals surface area contributed by atoms with Gasteiger partial charge in [0.1, 0.15) is 0 Å². The third-order valence-electron chi connectivity index (χ3n) is 4.40. The van der Waals surface area contributed by atoms with Crippen molar-refractivity contribution in [1.82, 2.24) is 25.1 Å². The van der Waals surface area contributed by atoms with E-state index in [0.29, 0.717) is 5.56 Å². The van der Waals surface area contributed by atoms with E-state index in [1.807, 2.05) is 37.8 Å². The Labute approximate surface area is 136 Å². The summed E-state index contributed by atoms with van der Waals surface area (Å²) in [5.74, 6) is -0.0474. The molecule has 6 heteroatoms. The summed E-state index contributed by atoms with van der Waals surface area (Å²) in [6, 6.07) is 8.15. The molecule has 1 aromatic carbocycles. The Morgan fingerprint density at radius 1 is 1.48 bits per heavy atom. The average Bonchev–Trinajstić information content (AvgIpc) is 2.99. The zero-order chi connectivity index (χ0) is 16.2. The summed E-state index contributed by atoms with van der Waals surface area (Å²) < 4.78 is 2.06. The Bertz CT molecular complexity index is 681. The lowest BCUT2D eigenvalue weighted by Crippen LogP contribution is -2.45. The van der Waals surface area contributed by atoms with Crippen LogP contribution in [0.15, 0.2) is 36.8 Å². The fraction of sp³-hybridized carbons (Fsp3) is 0.412. The zero-order valence-electron chi connectivity index (χ0n) is 13.6. The molecule has 23 heavy (non-hydrogen) atoms. The van der Waals surface area contributed by atoms with Gasteiger partial charge in [0.15, 0.2) is 0 Å². The number of aromatic nitrogens is 2. The van der Waals surface area contributed by atoms with Gasteiger partial charge in [-0.1, -0.05) is 12.1 Å². The number of hydrogen-bond acceptors (Lipinski definition) is 4. The van der Waals surface area contributed by atoms with Crippen molar-refractivity contribution < 1.29 is 4.79 Å². The summed E-state index contributed by atoms with van der Waals surface area (Å²) in [7, 11) is 3.68. The lowest BCUT2D eigenvalue weighted by atomic mass is 10.0. The zero-order valence-corrected chi connectivity index (χ0v) is 13.6. The number of hydrogen-bond donors (Lipinski definition) is 2. The summed E-state index contributed by atoms with van der Waals surface area (Å²) in [4.78, 5) is 18.5. The second-order valence-electron chi connectivity index (χ2n) is 5.89. The van der Waals surface area contributed by atoms with Gasteiger partial charge in [-0.05, 0) is 17.7 Å². The number of piperazine rings is 1. The first-order chi connectivity index (χ1) is 11.2. The van der Waals surface area contributed by atoms with Crippen LogP contribution in [0.3, 0.4) is 0 Å². The van der Waals surface area contributed by atoms with Gasteiger partial charge in [0, 0.05) is 58.1 Å². The maximum atomic E-state index is 11.9. The molecule has 1 aromatic heterocycles. The van der Waals surface area contributed by atoms with E-state index >= 15 is 0 Å². The molecule has 1 saturated heterocycles. The fourth-order valence-corrected chi connectivity index (χ4v) is 3.04. The summed E-state index contributed by atoms with van der Waals surface area (Å²) in [6.45, 7) is 3.69. The van der Waals surface area contributed by atoms with E-state index in [1.54, 1.807) is 7.05 Å². The number of amides is 1. The van der Waals surface area contributed by atoms with Gasteiger partial charge < -0.3 is 15.2 Å².